The molecule has 3 aromatic rings. The Morgan fingerprint density at radius 3 is 2.52 bits per heavy atom. The van der Waals surface area contributed by atoms with E-state index in [-0.39, 0.29) is 4.88 Å². The molecule has 0 aliphatic carbocycles. The van der Waals surface area contributed by atoms with E-state index in [4.69, 9.17) is 4.74 Å². The number of carbonyl (C=O) groups is 1. The Labute approximate surface area is 137 Å². The van der Waals surface area contributed by atoms with Crippen LogP contribution in [0.4, 0.5) is 10.8 Å². The van der Waals surface area contributed by atoms with E-state index in [1.807, 2.05) is 54.6 Å². The van der Waals surface area contributed by atoms with Crippen LogP contribution in [0.1, 0.15) is 9.67 Å². The SMILES string of the molecule is COc1ccccc1Nc1nc(-c2ccccc2)c(C(=O)O)s1. The van der Waals surface area contributed by atoms with Gasteiger partial charge < -0.3 is 15.2 Å². The largest absolute Gasteiger partial charge is 0.495 e. The number of aromatic nitrogens is 1. The van der Waals surface area contributed by atoms with Crippen LogP contribution in [0, 0.1) is 0 Å². The first-order chi connectivity index (χ1) is 11.2. The molecule has 1 aromatic heterocycles. The molecule has 0 saturated carbocycles. The van der Waals surface area contributed by atoms with Crippen molar-refractivity contribution in [3.63, 3.8) is 0 Å². The number of anilines is 2. The van der Waals surface area contributed by atoms with Crippen LogP contribution in [0.15, 0.2) is 54.6 Å². The highest BCUT2D eigenvalue weighted by Gasteiger charge is 2.19. The summed E-state index contributed by atoms with van der Waals surface area (Å²) in [6.07, 6.45) is 0. The molecule has 0 spiro atoms. The predicted octanol–water partition coefficient (Wildman–Crippen LogP) is 4.26. The molecule has 0 bridgehead atoms. The lowest BCUT2D eigenvalue weighted by atomic mass is 10.1. The lowest BCUT2D eigenvalue weighted by Gasteiger charge is -2.07. The zero-order valence-electron chi connectivity index (χ0n) is 12.3. The quantitative estimate of drug-likeness (QED) is 0.733. The standard InChI is InChI=1S/C17H14N2O3S/c1-22-13-10-6-5-9-12(13)18-17-19-14(15(23-17)16(20)21)11-7-3-2-4-8-11/h2-10H,1H3,(H,18,19)(H,20,21). The van der Waals surface area contributed by atoms with Crippen LogP contribution >= 0.6 is 11.3 Å². The van der Waals surface area contributed by atoms with Crippen molar-refractivity contribution in [3.05, 3.63) is 59.5 Å². The maximum Gasteiger partial charge on any atom is 0.348 e. The van der Waals surface area contributed by atoms with E-state index in [0.29, 0.717) is 16.6 Å². The Morgan fingerprint density at radius 2 is 1.83 bits per heavy atom. The van der Waals surface area contributed by atoms with E-state index in [1.54, 1.807) is 7.11 Å². The highest BCUT2D eigenvalue weighted by atomic mass is 32.1. The highest BCUT2D eigenvalue weighted by Crippen LogP contribution is 2.34. The fourth-order valence-corrected chi connectivity index (χ4v) is 3.01. The number of aromatic carboxylic acids is 1. The van der Waals surface area contributed by atoms with Crippen LogP contribution in [-0.4, -0.2) is 23.2 Å². The number of hydrogen-bond donors (Lipinski definition) is 2. The first-order valence-corrected chi connectivity index (χ1v) is 7.70. The van der Waals surface area contributed by atoms with Gasteiger partial charge in [0.25, 0.3) is 0 Å². The van der Waals surface area contributed by atoms with E-state index in [9.17, 15) is 9.90 Å². The molecule has 0 amide bonds. The number of benzene rings is 2. The van der Waals surface area contributed by atoms with Gasteiger partial charge in [0, 0.05) is 5.56 Å². The van der Waals surface area contributed by atoms with Gasteiger partial charge in [0.1, 0.15) is 10.6 Å². The van der Waals surface area contributed by atoms with E-state index in [0.717, 1.165) is 22.6 Å². The molecule has 0 saturated heterocycles. The molecule has 0 unspecified atom stereocenters. The number of thiazole rings is 1. The third-order valence-corrected chi connectivity index (χ3v) is 4.18. The van der Waals surface area contributed by atoms with Crippen LogP contribution in [0.2, 0.25) is 0 Å². The van der Waals surface area contributed by atoms with Crippen molar-refractivity contribution in [2.45, 2.75) is 0 Å². The first kappa shape index (κ1) is 15.1. The second-order valence-corrected chi connectivity index (χ2v) is 5.69. The normalized spacial score (nSPS) is 10.3. The monoisotopic (exact) mass is 326 g/mol. The summed E-state index contributed by atoms with van der Waals surface area (Å²) in [4.78, 5) is 16.1. The van der Waals surface area contributed by atoms with Gasteiger partial charge in [0.15, 0.2) is 5.13 Å². The second kappa shape index (κ2) is 6.50. The topological polar surface area (TPSA) is 71.5 Å². The molecule has 0 aliphatic rings. The number of carboxylic acid groups (broad SMARTS) is 1. The molecular weight excluding hydrogens is 312 g/mol. The lowest BCUT2D eigenvalue weighted by molar-refractivity contribution is 0.0702. The molecule has 23 heavy (non-hydrogen) atoms. The predicted molar refractivity (Wildman–Crippen MR) is 90.8 cm³/mol. The van der Waals surface area contributed by atoms with Crippen LogP contribution in [0.5, 0.6) is 5.75 Å². The zero-order chi connectivity index (χ0) is 16.2. The summed E-state index contributed by atoms with van der Waals surface area (Å²) in [6.45, 7) is 0. The van der Waals surface area contributed by atoms with Crippen molar-refractivity contribution in [2.24, 2.45) is 0 Å². The minimum atomic E-state index is -0.991. The van der Waals surface area contributed by atoms with Gasteiger partial charge in [0.2, 0.25) is 0 Å². The summed E-state index contributed by atoms with van der Waals surface area (Å²) in [5.41, 5.74) is 1.97. The van der Waals surface area contributed by atoms with Gasteiger partial charge in [-0.15, -0.1) is 0 Å². The third kappa shape index (κ3) is 3.17. The molecular formula is C17H14N2O3S. The van der Waals surface area contributed by atoms with Crippen LogP contribution in [0.3, 0.4) is 0 Å². The van der Waals surface area contributed by atoms with E-state index >= 15 is 0 Å². The van der Waals surface area contributed by atoms with Crippen LogP contribution < -0.4 is 10.1 Å². The molecule has 116 valence electrons. The second-order valence-electron chi connectivity index (χ2n) is 4.69. The third-order valence-electron chi connectivity index (χ3n) is 3.22. The van der Waals surface area contributed by atoms with Gasteiger partial charge in [0.05, 0.1) is 18.5 Å². The van der Waals surface area contributed by atoms with Crippen molar-refractivity contribution >= 4 is 28.1 Å². The average Bonchev–Trinajstić information content (AvgIpc) is 3.00. The smallest absolute Gasteiger partial charge is 0.348 e. The molecule has 2 aromatic carbocycles. The summed E-state index contributed by atoms with van der Waals surface area (Å²) in [5, 5.41) is 13.1. The molecule has 0 fully saturated rings. The number of carboxylic acids is 1. The molecule has 2 N–H and O–H groups in total. The van der Waals surface area contributed by atoms with Crippen molar-refractivity contribution in [3.8, 4) is 17.0 Å². The maximum absolute atomic E-state index is 11.5. The van der Waals surface area contributed by atoms with Gasteiger partial charge in [-0.05, 0) is 12.1 Å². The molecule has 0 aliphatic heterocycles. The van der Waals surface area contributed by atoms with Crippen molar-refractivity contribution in [1.29, 1.82) is 0 Å². The molecule has 0 atom stereocenters. The van der Waals surface area contributed by atoms with Gasteiger partial charge in [-0.1, -0.05) is 53.8 Å². The molecule has 3 rings (SSSR count). The number of methoxy groups -OCH3 is 1. The number of para-hydroxylation sites is 2. The lowest BCUT2D eigenvalue weighted by Crippen LogP contribution is -1.95. The number of hydrogen-bond acceptors (Lipinski definition) is 5. The molecule has 5 nitrogen and oxygen atoms in total. The summed E-state index contributed by atoms with van der Waals surface area (Å²) in [5.74, 6) is -0.324. The van der Waals surface area contributed by atoms with Gasteiger partial charge >= 0.3 is 5.97 Å². The summed E-state index contributed by atoms with van der Waals surface area (Å²) in [7, 11) is 1.58. The molecule has 6 heteroatoms. The Balaban J connectivity index is 2.00. The summed E-state index contributed by atoms with van der Waals surface area (Å²) >= 11 is 1.10. The van der Waals surface area contributed by atoms with Crippen molar-refractivity contribution in [2.75, 3.05) is 12.4 Å². The van der Waals surface area contributed by atoms with Crippen LogP contribution in [-0.2, 0) is 0 Å². The van der Waals surface area contributed by atoms with Crippen LogP contribution in [0.25, 0.3) is 11.3 Å². The Bertz CT molecular complexity index is 831. The van der Waals surface area contributed by atoms with E-state index in [1.165, 1.54) is 0 Å². The summed E-state index contributed by atoms with van der Waals surface area (Å²) < 4.78 is 5.28. The van der Waals surface area contributed by atoms with E-state index in [2.05, 4.69) is 10.3 Å². The number of rotatable bonds is 5. The van der Waals surface area contributed by atoms with Gasteiger partial charge in [-0.3, -0.25) is 0 Å². The fourth-order valence-electron chi connectivity index (χ4n) is 2.17. The first-order valence-electron chi connectivity index (χ1n) is 6.88. The number of ether oxygens (including phenoxy) is 1. The Morgan fingerprint density at radius 1 is 1.13 bits per heavy atom. The minimum Gasteiger partial charge on any atom is -0.495 e. The fraction of sp³-hybridized carbons (Fsp3) is 0.0588. The Hall–Kier alpha value is -2.86. The molecule has 0 radical (unpaired) electrons. The van der Waals surface area contributed by atoms with Crippen molar-refractivity contribution in [1.82, 2.24) is 4.98 Å². The zero-order valence-corrected chi connectivity index (χ0v) is 13.1. The maximum atomic E-state index is 11.5. The minimum absolute atomic E-state index is 0.202. The number of nitrogens with one attached hydrogen (secondary N) is 1. The number of nitrogens with zero attached hydrogens (tertiary/aromatic N) is 1. The molecule has 1 heterocycles. The van der Waals surface area contributed by atoms with Gasteiger partial charge in [-0.2, -0.15) is 0 Å². The van der Waals surface area contributed by atoms with E-state index < -0.39 is 5.97 Å². The summed E-state index contributed by atoms with van der Waals surface area (Å²) in [6, 6.07) is 16.7. The van der Waals surface area contributed by atoms with Gasteiger partial charge in [-0.25, -0.2) is 9.78 Å². The average molecular weight is 326 g/mol. The van der Waals surface area contributed by atoms with Crippen molar-refractivity contribution < 1.29 is 14.6 Å². The highest BCUT2D eigenvalue weighted by molar-refractivity contribution is 7.18. The Kier molecular flexibility index (Phi) is 4.25.